The second-order valence-electron chi connectivity index (χ2n) is 8.70. The SMILES string of the molecule is CCc1cnc(N2CCC(c3ncn4c(Nc5ccc(S(C)(=O)=O)cc5F)nccc34)CC2)nc1. The van der Waals surface area contributed by atoms with Crippen LogP contribution in [0.25, 0.3) is 5.52 Å². The van der Waals surface area contributed by atoms with E-state index in [1.807, 2.05) is 18.5 Å². The summed E-state index contributed by atoms with van der Waals surface area (Å²) >= 11 is 0. The van der Waals surface area contributed by atoms with E-state index >= 15 is 0 Å². The Morgan fingerprint density at radius 3 is 2.49 bits per heavy atom. The summed E-state index contributed by atoms with van der Waals surface area (Å²) in [6, 6.07) is 5.67. The molecule has 1 N–H and O–H groups in total. The van der Waals surface area contributed by atoms with Crippen LogP contribution < -0.4 is 10.2 Å². The van der Waals surface area contributed by atoms with Crippen molar-refractivity contribution in [1.29, 1.82) is 0 Å². The van der Waals surface area contributed by atoms with Crippen LogP contribution in [0.2, 0.25) is 0 Å². The number of aryl methyl sites for hydroxylation is 1. The first-order valence-electron chi connectivity index (χ1n) is 11.5. The van der Waals surface area contributed by atoms with E-state index in [1.165, 1.54) is 12.1 Å². The molecule has 9 nitrogen and oxygen atoms in total. The Labute approximate surface area is 203 Å². The molecule has 0 radical (unpaired) electrons. The summed E-state index contributed by atoms with van der Waals surface area (Å²) in [5.41, 5.74) is 3.13. The quantitative estimate of drug-likeness (QED) is 0.431. The number of nitrogens with one attached hydrogen (secondary N) is 1. The standard InChI is InChI=1S/C24H26FN7O2S/c1-3-16-13-27-23(28-14-16)31-10-7-17(8-11-31)22-21-6-9-26-24(32(21)15-29-22)30-20-5-4-18(12-19(20)25)35(2,33)34/h4-6,9,12-15,17H,3,7-8,10-11H2,1-2H3,(H,26,30). The van der Waals surface area contributed by atoms with E-state index < -0.39 is 15.7 Å². The number of imidazole rings is 1. The second kappa shape index (κ2) is 9.21. The largest absolute Gasteiger partial charge is 0.341 e. The monoisotopic (exact) mass is 495 g/mol. The molecule has 1 saturated heterocycles. The van der Waals surface area contributed by atoms with Gasteiger partial charge in [-0.05, 0) is 49.1 Å². The summed E-state index contributed by atoms with van der Waals surface area (Å²) in [5.74, 6) is 0.755. The Kier molecular flexibility index (Phi) is 6.10. The third-order valence-corrected chi connectivity index (χ3v) is 7.48. The van der Waals surface area contributed by atoms with Crippen LogP contribution in [-0.4, -0.2) is 52.1 Å². The molecule has 1 fully saturated rings. The molecular weight excluding hydrogens is 469 g/mol. The number of fused-ring (bicyclic) bond motifs is 1. The number of benzene rings is 1. The molecule has 5 rings (SSSR count). The number of rotatable bonds is 6. The summed E-state index contributed by atoms with van der Waals surface area (Å²) in [6.45, 7) is 3.76. The molecule has 0 unspecified atom stereocenters. The molecule has 0 spiro atoms. The van der Waals surface area contributed by atoms with Crippen molar-refractivity contribution in [3.63, 3.8) is 0 Å². The number of piperidine rings is 1. The zero-order valence-electron chi connectivity index (χ0n) is 19.5. The minimum absolute atomic E-state index is 0.0744. The van der Waals surface area contributed by atoms with Crippen LogP contribution in [0.4, 0.5) is 22.0 Å². The molecule has 0 atom stereocenters. The van der Waals surface area contributed by atoms with E-state index in [1.54, 1.807) is 16.9 Å². The van der Waals surface area contributed by atoms with E-state index in [2.05, 4.69) is 37.1 Å². The highest BCUT2D eigenvalue weighted by molar-refractivity contribution is 7.90. The third kappa shape index (κ3) is 4.68. The lowest BCUT2D eigenvalue weighted by atomic mass is 9.93. The zero-order valence-corrected chi connectivity index (χ0v) is 20.3. The van der Waals surface area contributed by atoms with Crippen molar-refractivity contribution in [2.45, 2.75) is 37.0 Å². The van der Waals surface area contributed by atoms with E-state index in [-0.39, 0.29) is 16.5 Å². The highest BCUT2D eigenvalue weighted by Crippen LogP contribution is 2.32. The topological polar surface area (TPSA) is 105 Å². The molecule has 1 aliphatic rings. The minimum atomic E-state index is -3.49. The Balaban J connectivity index is 1.34. The van der Waals surface area contributed by atoms with Gasteiger partial charge in [-0.2, -0.15) is 0 Å². The Morgan fingerprint density at radius 2 is 1.83 bits per heavy atom. The molecule has 4 heterocycles. The van der Waals surface area contributed by atoms with Crippen LogP contribution in [0.15, 0.2) is 54.1 Å². The molecule has 1 aromatic carbocycles. The van der Waals surface area contributed by atoms with Crippen molar-refractivity contribution in [3.05, 3.63) is 66.3 Å². The first-order chi connectivity index (χ1) is 16.8. The number of nitrogens with zero attached hydrogens (tertiary/aromatic N) is 6. The maximum Gasteiger partial charge on any atom is 0.225 e. The lowest BCUT2D eigenvalue weighted by Gasteiger charge is -2.31. The number of aromatic nitrogens is 5. The summed E-state index contributed by atoms with van der Waals surface area (Å²) in [6.07, 6.45) is 10.9. The second-order valence-corrected chi connectivity index (χ2v) is 10.7. The summed E-state index contributed by atoms with van der Waals surface area (Å²) < 4.78 is 39.8. The van der Waals surface area contributed by atoms with Gasteiger partial charge < -0.3 is 10.2 Å². The van der Waals surface area contributed by atoms with E-state index in [0.29, 0.717) is 5.95 Å². The van der Waals surface area contributed by atoms with Gasteiger partial charge in [0.25, 0.3) is 0 Å². The first-order valence-corrected chi connectivity index (χ1v) is 13.4. The number of halogens is 1. The third-order valence-electron chi connectivity index (χ3n) is 6.37. The van der Waals surface area contributed by atoms with Gasteiger partial charge in [-0.3, -0.25) is 4.40 Å². The van der Waals surface area contributed by atoms with Gasteiger partial charge in [-0.1, -0.05) is 6.92 Å². The average molecular weight is 496 g/mol. The van der Waals surface area contributed by atoms with E-state index in [9.17, 15) is 12.8 Å². The molecule has 4 aromatic rings. The molecule has 1 aliphatic heterocycles. The van der Waals surface area contributed by atoms with Crippen molar-refractivity contribution < 1.29 is 12.8 Å². The van der Waals surface area contributed by atoms with Crippen LogP contribution >= 0.6 is 0 Å². The van der Waals surface area contributed by atoms with Gasteiger partial charge in [0.2, 0.25) is 11.9 Å². The zero-order chi connectivity index (χ0) is 24.6. The van der Waals surface area contributed by atoms with Crippen molar-refractivity contribution in [2.24, 2.45) is 0 Å². The molecule has 0 saturated carbocycles. The van der Waals surface area contributed by atoms with Gasteiger partial charge in [-0.15, -0.1) is 0 Å². The summed E-state index contributed by atoms with van der Waals surface area (Å²) in [7, 11) is -3.49. The summed E-state index contributed by atoms with van der Waals surface area (Å²) in [5, 5.41) is 2.97. The fourth-order valence-electron chi connectivity index (χ4n) is 4.35. The van der Waals surface area contributed by atoms with Crippen molar-refractivity contribution >= 4 is 32.9 Å². The predicted molar refractivity (Wildman–Crippen MR) is 131 cm³/mol. The lowest BCUT2D eigenvalue weighted by molar-refractivity contribution is 0.494. The highest BCUT2D eigenvalue weighted by atomic mass is 32.2. The Morgan fingerprint density at radius 1 is 1.09 bits per heavy atom. The molecule has 0 aliphatic carbocycles. The van der Waals surface area contributed by atoms with Gasteiger partial charge in [0, 0.05) is 43.9 Å². The molecule has 35 heavy (non-hydrogen) atoms. The molecule has 0 amide bonds. The van der Waals surface area contributed by atoms with E-state index in [4.69, 9.17) is 0 Å². The maximum atomic E-state index is 14.6. The number of sulfone groups is 1. The predicted octanol–water partition coefficient (Wildman–Crippen LogP) is 3.75. The smallest absolute Gasteiger partial charge is 0.225 e. The fourth-order valence-corrected chi connectivity index (χ4v) is 4.98. The van der Waals surface area contributed by atoms with Crippen LogP contribution in [-0.2, 0) is 16.3 Å². The van der Waals surface area contributed by atoms with Gasteiger partial charge in [0.05, 0.1) is 21.8 Å². The normalized spacial score (nSPS) is 15.0. The Hall–Kier alpha value is -3.60. The molecule has 0 bridgehead atoms. The van der Waals surface area contributed by atoms with Crippen molar-refractivity contribution in [2.75, 3.05) is 29.6 Å². The first kappa shape index (κ1) is 23.2. The number of anilines is 3. The van der Waals surface area contributed by atoms with Crippen LogP contribution in [0, 0.1) is 5.82 Å². The average Bonchev–Trinajstić information content (AvgIpc) is 3.30. The van der Waals surface area contributed by atoms with Crippen molar-refractivity contribution in [1.82, 2.24) is 24.3 Å². The lowest BCUT2D eigenvalue weighted by Crippen LogP contribution is -2.34. The molecule has 11 heteroatoms. The highest BCUT2D eigenvalue weighted by Gasteiger charge is 2.25. The van der Waals surface area contributed by atoms with E-state index in [0.717, 1.165) is 67.4 Å². The molecule has 3 aromatic heterocycles. The molecule has 182 valence electrons. The van der Waals surface area contributed by atoms with Crippen LogP contribution in [0.5, 0.6) is 0 Å². The Bertz CT molecular complexity index is 1460. The number of hydrogen-bond acceptors (Lipinski definition) is 8. The number of hydrogen-bond donors (Lipinski definition) is 1. The fraction of sp³-hybridized carbons (Fsp3) is 0.333. The van der Waals surface area contributed by atoms with Gasteiger partial charge >= 0.3 is 0 Å². The van der Waals surface area contributed by atoms with Crippen molar-refractivity contribution in [3.8, 4) is 0 Å². The minimum Gasteiger partial charge on any atom is -0.341 e. The van der Waals surface area contributed by atoms with Gasteiger partial charge in [0.1, 0.15) is 12.1 Å². The van der Waals surface area contributed by atoms with Gasteiger partial charge in [-0.25, -0.2) is 32.7 Å². The molecular formula is C24H26FN7O2S. The van der Waals surface area contributed by atoms with Crippen LogP contribution in [0.1, 0.15) is 36.9 Å². The van der Waals surface area contributed by atoms with Crippen LogP contribution in [0.3, 0.4) is 0 Å². The van der Waals surface area contributed by atoms with Gasteiger partial charge in [0.15, 0.2) is 9.84 Å². The summed E-state index contributed by atoms with van der Waals surface area (Å²) in [4.78, 5) is 20.1. The maximum absolute atomic E-state index is 14.6.